The first-order valence-corrected chi connectivity index (χ1v) is 6.17. The number of rotatable bonds is 3. The van der Waals surface area contributed by atoms with E-state index in [1.807, 2.05) is 6.08 Å². The molecule has 1 aliphatic carbocycles. The number of hydrogen-bond acceptors (Lipinski definition) is 2. The lowest BCUT2D eigenvalue weighted by molar-refractivity contribution is -0.133. The van der Waals surface area contributed by atoms with Gasteiger partial charge in [0.1, 0.15) is 0 Å². The molecule has 0 aromatic carbocycles. The summed E-state index contributed by atoms with van der Waals surface area (Å²) in [5.74, 6) is 0.0821. The Hall–Kier alpha value is -1.18. The molecule has 2 heteroatoms. The monoisotopic (exact) mass is 234 g/mol. The molecule has 0 saturated carbocycles. The van der Waals surface area contributed by atoms with Crippen LogP contribution < -0.4 is 0 Å². The SMILES string of the molecule is CC(=O)C(=O)/C(C)=C/C1C(C)CC=CC1(C)C. The summed E-state index contributed by atoms with van der Waals surface area (Å²) in [4.78, 5) is 22.7. The van der Waals surface area contributed by atoms with Crippen LogP contribution in [0.25, 0.3) is 0 Å². The lowest BCUT2D eigenvalue weighted by atomic mass is 9.67. The molecule has 17 heavy (non-hydrogen) atoms. The number of ketones is 2. The molecule has 1 aliphatic rings. The van der Waals surface area contributed by atoms with Crippen molar-refractivity contribution >= 4 is 11.6 Å². The van der Waals surface area contributed by atoms with Gasteiger partial charge in [0.15, 0.2) is 5.78 Å². The predicted molar refractivity (Wildman–Crippen MR) is 69.6 cm³/mol. The lowest BCUT2D eigenvalue weighted by Crippen LogP contribution is -2.29. The van der Waals surface area contributed by atoms with Crippen molar-refractivity contribution < 1.29 is 9.59 Å². The van der Waals surface area contributed by atoms with Crippen LogP contribution in [0.3, 0.4) is 0 Å². The first kappa shape index (κ1) is 13.9. The van der Waals surface area contributed by atoms with E-state index in [0.717, 1.165) is 6.42 Å². The maximum atomic E-state index is 11.6. The van der Waals surface area contributed by atoms with Crippen LogP contribution >= 0.6 is 0 Å². The van der Waals surface area contributed by atoms with E-state index in [-0.39, 0.29) is 17.0 Å². The molecule has 0 fully saturated rings. The molecule has 2 nitrogen and oxygen atoms in total. The molecule has 0 bridgehead atoms. The minimum absolute atomic E-state index is 0.0516. The summed E-state index contributed by atoms with van der Waals surface area (Å²) in [5, 5.41) is 0. The zero-order chi connectivity index (χ0) is 13.2. The van der Waals surface area contributed by atoms with Crippen LogP contribution in [0.5, 0.6) is 0 Å². The molecule has 1 rings (SSSR count). The zero-order valence-electron chi connectivity index (χ0n) is 11.4. The summed E-state index contributed by atoms with van der Waals surface area (Å²) in [6, 6.07) is 0. The van der Waals surface area contributed by atoms with Gasteiger partial charge >= 0.3 is 0 Å². The molecule has 2 atom stereocenters. The van der Waals surface area contributed by atoms with Gasteiger partial charge in [0.05, 0.1) is 0 Å². The molecular weight excluding hydrogens is 212 g/mol. The van der Waals surface area contributed by atoms with Crippen LogP contribution in [0, 0.1) is 17.3 Å². The summed E-state index contributed by atoms with van der Waals surface area (Å²) >= 11 is 0. The maximum absolute atomic E-state index is 11.6. The van der Waals surface area contributed by atoms with Crippen molar-refractivity contribution in [1.82, 2.24) is 0 Å². The van der Waals surface area contributed by atoms with Crippen molar-refractivity contribution in [3.63, 3.8) is 0 Å². The average Bonchev–Trinajstić information content (AvgIpc) is 2.21. The fraction of sp³-hybridized carbons (Fsp3) is 0.600. The van der Waals surface area contributed by atoms with Gasteiger partial charge in [-0.2, -0.15) is 0 Å². The van der Waals surface area contributed by atoms with E-state index in [0.29, 0.717) is 17.4 Å². The molecule has 0 aromatic rings. The van der Waals surface area contributed by atoms with Gasteiger partial charge in [0.25, 0.3) is 0 Å². The van der Waals surface area contributed by atoms with Gasteiger partial charge in [0.2, 0.25) is 5.78 Å². The second-order valence-corrected chi connectivity index (χ2v) is 5.70. The standard InChI is InChI=1S/C15H22O2/c1-10-7-6-8-15(4,5)13(10)9-11(2)14(17)12(3)16/h6,8-10,13H,7H2,1-5H3/b11-9+. The third-order valence-electron chi connectivity index (χ3n) is 3.63. The molecule has 94 valence electrons. The normalized spacial score (nSPS) is 27.9. The molecule has 0 radical (unpaired) electrons. The lowest BCUT2D eigenvalue weighted by Gasteiger charge is -2.37. The Labute approximate surface area is 104 Å². The average molecular weight is 234 g/mol. The first-order chi connectivity index (χ1) is 7.75. The molecule has 0 aromatic heterocycles. The van der Waals surface area contributed by atoms with Crippen molar-refractivity contribution in [3.8, 4) is 0 Å². The molecule has 0 spiro atoms. The van der Waals surface area contributed by atoms with Crippen molar-refractivity contribution in [2.75, 3.05) is 0 Å². The molecule has 0 aliphatic heterocycles. The van der Waals surface area contributed by atoms with E-state index < -0.39 is 0 Å². The summed E-state index contributed by atoms with van der Waals surface area (Å²) < 4.78 is 0. The van der Waals surface area contributed by atoms with Crippen LogP contribution in [-0.4, -0.2) is 11.6 Å². The Kier molecular flexibility index (Phi) is 4.07. The minimum atomic E-state index is -0.379. The Morgan fingerprint density at radius 2 is 1.88 bits per heavy atom. The Bertz CT molecular complexity index is 386. The van der Waals surface area contributed by atoms with E-state index in [1.54, 1.807) is 6.92 Å². The summed E-state index contributed by atoms with van der Waals surface area (Å²) in [6.07, 6.45) is 7.43. The largest absolute Gasteiger partial charge is 0.291 e. The smallest absolute Gasteiger partial charge is 0.223 e. The number of allylic oxidation sites excluding steroid dienone is 4. The third-order valence-corrected chi connectivity index (χ3v) is 3.63. The van der Waals surface area contributed by atoms with Crippen LogP contribution in [0.2, 0.25) is 0 Å². The topological polar surface area (TPSA) is 34.1 Å². The van der Waals surface area contributed by atoms with Gasteiger partial charge in [-0.3, -0.25) is 9.59 Å². The van der Waals surface area contributed by atoms with Crippen LogP contribution in [-0.2, 0) is 9.59 Å². The van der Waals surface area contributed by atoms with Crippen molar-refractivity contribution in [2.24, 2.45) is 17.3 Å². The van der Waals surface area contributed by atoms with Crippen LogP contribution in [0.1, 0.15) is 41.0 Å². The molecule has 2 unspecified atom stereocenters. The maximum Gasteiger partial charge on any atom is 0.223 e. The fourth-order valence-electron chi connectivity index (χ4n) is 2.58. The Morgan fingerprint density at radius 3 is 2.35 bits per heavy atom. The van der Waals surface area contributed by atoms with Crippen LogP contribution in [0.4, 0.5) is 0 Å². The van der Waals surface area contributed by atoms with Gasteiger partial charge < -0.3 is 0 Å². The van der Waals surface area contributed by atoms with E-state index >= 15 is 0 Å². The highest BCUT2D eigenvalue weighted by Gasteiger charge is 2.32. The van der Waals surface area contributed by atoms with Gasteiger partial charge in [-0.05, 0) is 36.2 Å². The third kappa shape index (κ3) is 3.15. The van der Waals surface area contributed by atoms with Gasteiger partial charge in [-0.1, -0.05) is 39.0 Å². The summed E-state index contributed by atoms with van der Waals surface area (Å²) in [7, 11) is 0. The Balaban J connectivity index is 2.99. The quantitative estimate of drug-likeness (QED) is 0.426. The van der Waals surface area contributed by atoms with Gasteiger partial charge in [-0.25, -0.2) is 0 Å². The minimum Gasteiger partial charge on any atom is -0.291 e. The van der Waals surface area contributed by atoms with Gasteiger partial charge in [0, 0.05) is 6.92 Å². The summed E-state index contributed by atoms with van der Waals surface area (Å²) in [5.41, 5.74) is 0.633. The second kappa shape index (κ2) is 4.99. The fourth-order valence-corrected chi connectivity index (χ4v) is 2.58. The number of hydrogen-bond donors (Lipinski definition) is 0. The van der Waals surface area contributed by atoms with Crippen molar-refractivity contribution in [2.45, 2.75) is 41.0 Å². The molecular formula is C15H22O2. The highest BCUT2D eigenvalue weighted by molar-refractivity contribution is 6.42. The van der Waals surface area contributed by atoms with E-state index in [4.69, 9.17) is 0 Å². The van der Waals surface area contributed by atoms with Gasteiger partial charge in [-0.15, -0.1) is 0 Å². The van der Waals surface area contributed by atoms with E-state index in [2.05, 4.69) is 32.9 Å². The predicted octanol–water partition coefficient (Wildman–Crippen LogP) is 3.33. The summed E-state index contributed by atoms with van der Waals surface area (Å²) in [6.45, 7) is 9.61. The molecule has 0 amide bonds. The van der Waals surface area contributed by atoms with Crippen molar-refractivity contribution in [1.29, 1.82) is 0 Å². The number of carbonyl (C=O) groups is 2. The van der Waals surface area contributed by atoms with Crippen molar-refractivity contribution in [3.05, 3.63) is 23.8 Å². The zero-order valence-corrected chi connectivity index (χ0v) is 11.4. The number of carbonyl (C=O) groups excluding carboxylic acids is 2. The molecule has 0 saturated heterocycles. The molecule has 0 heterocycles. The van der Waals surface area contributed by atoms with Crippen LogP contribution in [0.15, 0.2) is 23.8 Å². The first-order valence-electron chi connectivity index (χ1n) is 6.17. The van der Waals surface area contributed by atoms with E-state index in [1.165, 1.54) is 6.92 Å². The highest BCUT2D eigenvalue weighted by Crippen LogP contribution is 2.41. The molecule has 0 N–H and O–H groups in total. The number of Topliss-reactive ketones (excluding diaryl/α,β-unsaturated/α-hetero) is 2. The van der Waals surface area contributed by atoms with E-state index in [9.17, 15) is 9.59 Å². The highest BCUT2D eigenvalue weighted by atomic mass is 16.2. The second-order valence-electron chi connectivity index (χ2n) is 5.70. The Morgan fingerprint density at radius 1 is 1.29 bits per heavy atom.